The maximum Gasteiger partial charge on any atom is 0.227 e. The van der Waals surface area contributed by atoms with E-state index >= 15 is 0 Å². The molecule has 0 spiro atoms. The number of nitrogens with two attached hydrogens (primary N) is 2. The predicted octanol–water partition coefficient (Wildman–Crippen LogP) is 3.14. The van der Waals surface area contributed by atoms with Crippen molar-refractivity contribution in [1.29, 1.82) is 5.26 Å². The van der Waals surface area contributed by atoms with Crippen molar-refractivity contribution in [2.75, 3.05) is 39.9 Å². The van der Waals surface area contributed by atoms with E-state index in [1.165, 1.54) is 40.6 Å². The number of nitrogens with zero attached hydrogens (tertiary/aromatic N) is 2. The molecule has 0 amide bonds. The molecule has 2 heterocycles. The topological polar surface area (TPSA) is 155 Å². The Hall–Kier alpha value is -4.52. The number of methoxy groups -OCH3 is 4. The second-order valence-corrected chi connectivity index (χ2v) is 7.14. The van der Waals surface area contributed by atoms with Crippen LogP contribution in [-0.2, 0) is 0 Å². The highest BCUT2D eigenvalue weighted by molar-refractivity contribution is 5.77. The Bertz CT molecular complexity index is 1300. The molecule has 0 unspecified atom stereocenters. The second kappa shape index (κ2) is 8.20. The van der Waals surface area contributed by atoms with Crippen LogP contribution in [0.2, 0.25) is 0 Å². The van der Waals surface area contributed by atoms with E-state index in [4.69, 9.17) is 35.2 Å². The number of hydrogen-bond acceptors (Lipinski definition) is 10. The maximum atomic E-state index is 10.0. The van der Waals surface area contributed by atoms with E-state index < -0.39 is 5.92 Å². The van der Waals surface area contributed by atoms with E-state index in [1.807, 2.05) is 6.07 Å². The molecule has 4 rings (SSSR count). The van der Waals surface area contributed by atoms with Gasteiger partial charge in [0.05, 0.1) is 39.7 Å². The quantitative estimate of drug-likeness (QED) is 0.413. The van der Waals surface area contributed by atoms with Crippen LogP contribution in [0.5, 0.6) is 40.4 Å². The van der Waals surface area contributed by atoms with E-state index in [0.29, 0.717) is 45.4 Å². The van der Waals surface area contributed by atoms with Gasteiger partial charge < -0.3 is 40.3 Å². The number of rotatable bonds is 5. The zero-order valence-corrected chi connectivity index (χ0v) is 18.4. The number of anilines is 2. The monoisotopic (exact) mass is 450 g/mol. The minimum atomic E-state index is -0.631. The van der Waals surface area contributed by atoms with Crippen molar-refractivity contribution < 1.29 is 28.8 Å². The molecule has 1 aromatic heterocycles. The molecule has 170 valence electrons. The number of hydrogen-bond donors (Lipinski definition) is 3. The largest absolute Gasteiger partial charge is 0.508 e. The molecule has 1 aliphatic heterocycles. The molecule has 0 radical (unpaired) electrons. The molecule has 0 fully saturated rings. The first-order valence-corrected chi connectivity index (χ1v) is 9.76. The van der Waals surface area contributed by atoms with Gasteiger partial charge in [-0.05, 0) is 12.1 Å². The van der Waals surface area contributed by atoms with Crippen molar-refractivity contribution in [3.63, 3.8) is 0 Å². The molecular weight excluding hydrogens is 428 g/mol. The molecule has 0 bridgehead atoms. The lowest BCUT2D eigenvalue weighted by atomic mass is 9.81. The van der Waals surface area contributed by atoms with Crippen molar-refractivity contribution in [3.05, 3.63) is 46.5 Å². The van der Waals surface area contributed by atoms with E-state index in [-0.39, 0.29) is 28.7 Å². The number of aromatic hydroxyl groups is 1. The van der Waals surface area contributed by atoms with Crippen LogP contribution in [0.4, 0.5) is 11.5 Å². The van der Waals surface area contributed by atoms with E-state index in [2.05, 4.69) is 4.98 Å². The van der Waals surface area contributed by atoms with E-state index in [0.717, 1.165) is 0 Å². The number of ether oxygens (including phenoxy) is 5. The average molecular weight is 450 g/mol. The van der Waals surface area contributed by atoms with Crippen molar-refractivity contribution in [2.45, 2.75) is 5.92 Å². The fourth-order valence-electron chi connectivity index (χ4n) is 4.09. The molecule has 2 aromatic carbocycles. The lowest BCUT2D eigenvalue weighted by Crippen LogP contribution is -2.18. The Balaban J connectivity index is 2.14. The number of phenolic OH excluding ortho intramolecular Hbond substituents is 1. The van der Waals surface area contributed by atoms with E-state index in [9.17, 15) is 10.4 Å². The standard InChI is InChI=1S/C23H22N4O6/c1-29-15-8-12(19(30-2)21(32-4)20(15)31-3)16-11-6-5-10(28)7-14(11)33-23-17(16)18(25)13(9-24)22(26)27-23/h5-8,16,28H,1-4H3,(H4,25,26,27)/t16-/m1/s1. The van der Waals surface area contributed by atoms with Crippen molar-refractivity contribution >= 4 is 11.5 Å². The Morgan fingerprint density at radius 3 is 2.27 bits per heavy atom. The first-order chi connectivity index (χ1) is 15.9. The Kier molecular flexibility index (Phi) is 5.39. The SMILES string of the molecule is COc1cc([C@H]2c3ccc(O)cc3Oc3nc(N)c(C#N)c(N)c32)c(OC)c(OC)c1OC. The Morgan fingerprint density at radius 2 is 1.67 bits per heavy atom. The van der Waals surface area contributed by atoms with Gasteiger partial charge in [0.2, 0.25) is 17.4 Å². The summed E-state index contributed by atoms with van der Waals surface area (Å²) in [7, 11) is 5.97. The van der Waals surface area contributed by atoms with Crippen LogP contribution >= 0.6 is 0 Å². The summed E-state index contributed by atoms with van der Waals surface area (Å²) >= 11 is 0. The molecular formula is C23H22N4O6. The van der Waals surface area contributed by atoms with Crippen molar-refractivity contribution in [3.8, 4) is 46.4 Å². The van der Waals surface area contributed by atoms with Crippen LogP contribution in [0, 0.1) is 11.3 Å². The molecule has 33 heavy (non-hydrogen) atoms. The fraction of sp³-hybridized carbons (Fsp3) is 0.217. The second-order valence-electron chi connectivity index (χ2n) is 7.14. The number of benzene rings is 2. The third-order valence-corrected chi connectivity index (χ3v) is 5.51. The molecule has 0 aliphatic carbocycles. The third kappa shape index (κ3) is 3.22. The van der Waals surface area contributed by atoms with Crippen LogP contribution in [0.25, 0.3) is 0 Å². The van der Waals surface area contributed by atoms with Crippen LogP contribution in [0.15, 0.2) is 24.3 Å². The lowest BCUT2D eigenvalue weighted by molar-refractivity contribution is 0.303. The van der Waals surface area contributed by atoms with Crippen molar-refractivity contribution in [2.24, 2.45) is 0 Å². The summed E-state index contributed by atoms with van der Waals surface area (Å²) in [5.74, 6) is 1.18. The fourth-order valence-corrected chi connectivity index (χ4v) is 4.09. The summed E-state index contributed by atoms with van der Waals surface area (Å²) < 4.78 is 28.3. The van der Waals surface area contributed by atoms with Gasteiger partial charge in [-0.1, -0.05) is 6.07 Å². The molecule has 5 N–H and O–H groups in total. The lowest BCUT2D eigenvalue weighted by Gasteiger charge is -2.31. The number of fused-ring (bicyclic) bond motifs is 2. The first kappa shape index (κ1) is 21.7. The van der Waals surface area contributed by atoms with Crippen LogP contribution in [-0.4, -0.2) is 38.5 Å². The van der Waals surface area contributed by atoms with Crippen LogP contribution in [0.1, 0.15) is 28.2 Å². The van der Waals surface area contributed by atoms with Gasteiger partial charge in [0.15, 0.2) is 11.5 Å². The molecule has 3 aromatic rings. The van der Waals surface area contributed by atoms with Gasteiger partial charge in [0.25, 0.3) is 0 Å². The average Bonchev–Trinajstić information content (AvgIpc) is 2.81. The van der Waals surface area contributed by atoms with Gasteiger partial charge in [0.1, 0.15) is 28.9 Å². The summed E-state index contributed by atoms with van der Waals surface area (Å²) in [6, 6.07) is 8.42. The summed E-state index contributed by atoms with van der Waals surface area (Å²) in [4.78, 5) is 4.27. The highest BCUT2D eigenvalue weighted by atomic mass is 16.5. The minimum absolute atomic E-state index is 0.00222. The highest BCUT2D eigenvalue weighted by Crippen LogP contribution is 2.56. The molecule has 0 saturated heterocycles. The smallest absolute Gasteiger partial charge is 0.227 e. The van der Waals surface area contributed by atoms with Gasteiger partial charge in [-0.2, -0.15) is 10.2 Å². The van der Waals surface area contributed by atoms with Gasteiger partial charge in [0, 0.05) is 23.1 Å². The van der Waals surface area contributed by atoms with Crippen LogP contribution in [0.3, 0.4) is 0 Å². The summed E-state index contributed by atoms with van der Waals surface area (Å²) in [5, 5.41) is 19.7. The minimum Gasteiger partial charge on any atom is -0.508 e. The summed E-state index contributed by atoms with van der Waals surface area (Å²) in [6.45, 7) is 0. The van der Waals surface area contributed by atoms with Gasteiger partial charge in [-0.3, -0.25) is 0 Å². The molecule has 1 atom stereocenters. The van der Waals surface area contributed by atoms with Crippen molar-refractivity contribution in [1.82, 2.24) is 4.98 Å². The van der Waals surface area contributed by atoms with E-state index in [1.54, 1.807) is 12.1 Å². The summed E-state index contributed by atoms with van der Waals surface area (Å²) in [6.07, 6.45) is 0. The first-order valence-electron chi connectivity index (χ1n) is 9.76. The number of phenols is 1. The van der Waals surface area contributed by atoms with Gasteiger partial charge in [-0.25, -0.2) is 0 Å². The zero-order chi connectivity index (χ0) is 23.9. The molecule has 1 aliphatic rings. The number of nitriles is 1. The summed E-state index contributed by atoms with van der Waals surface area (Å²) in [5.41, 5.74) is 14.2. The molecule has 10 nitrogen and oxygen atoms in total. The number of nitrogen functional groups attached to an aromatic ring is 2. The molecule has 10 heteroatoms. The van der Waals surface area contributed by atoms with Crippen LogP contribution < -0.4 is 35.2 Å². The number of aromatic nitrogens is 1. The Morgan fingerprint density at radius 1 is 0.970 bits per heavy atom. The van der Waals surface area contributed by atoms with Gasteiger partial charge >= 0.3 is 0 Å². The predicted molar refractivity (Wildman–Crippen MR) is 120 cm³/mol. The third-order valence-electron chi connectivity index (χ3n) is 5.51. The maximum absolute atomic E-state index is 10.0. The normalized spacial score (nSPS) is 13.7. The van der Waals surface area contributed by atoms with Gasteiger partial charge in [-0.15, -0.1) is 0 Å². The molecule has 0 saturated carbocycles. The highest BCUT2D eigenvalue weighted by Gasteiger charge is 2.37. The zero-order valence-electron chi connectivity index (χ0n) is 18.4. The Labute approximate surface area is 189 Å². The number of pyridine rings is 1.